The zero-order valence-electron chi connectivity index (χ0n) is 77.6. The molecule has 0 bridgehead atoms. The highest BCUT2D eigenvalue weighted by Crippen LogP contribution is 2.32. The van der Waals surface area contributed by atoms with Crippen molar-refractivity contribution in [3.05, 3.63) is 314 Å². The van der Waals surface area contributed by atoms with Gasteiger partial charge in [-0.05, 0) is 159 Å². The van der Waals surface area contributed by atoms with E-state index in [2.05, 4.69) is 322 Å². The number of benzene rings is 2. The topological polar surface area (TPSA) is 297 Å². The first-order chi connectivity index (χ1) is 58.2. The zero-order chi connectivity index (χ0) is 90.6. The van der Waals surface area contributed by atoms with Gasteiger partial charge in [-0.1, -0.05) is 190 Å². The quantitative estimate of drug-likeness (QED) is 0.136. The predicted octanol–water partition coefficient (Wildman–Crippen LogP) is 19.3. The van der Waals surface area contributed by atoms with E-state index >= 15 is 0 Å². The summed E-state index contributed by atoms with van der Waals surface area (Å²) in [5.41, 5.74) is 21.8. The van der Waals surface area contributed by atoms with E-state index in [0.717, 1.165) is 102 Å². The third-order valence-corrected chi connectivity index (χ3v) is 18.9. The Morgan fingerprint density at radius 2 is 0.629 bits per heavy atom. The van der Waals surface area contributed by atoms with Crippen molar-refractivity contribution in [2.45, 2.75) is 237 Å². The lowest BCUT2D eigenvalue weighted by Crippen LogP contribution is -2.18. The Labute approximate surface area is 731 Å². The van der Waals surface area contributed by atoms with Crippen molar-refractivity contribution < 1.29 is 0 Å². The minimum absolute atomic E-state index is 0.00664. The van der Waals surface area contributed by atoms with Crippen LogP contribution in [0.25, 0.3) is 45.5 Å². The van der Waals surface area contributed by atoms with Crippen LogP contribution in [-0.2, 0) is 43.3 Å². The molecule has 16 aromatic rings. The van der Waals surface area contributed by atoms with Crippen molar-refractivity contribution in [1.29, 1.82) is 0 Å². The number of pyridine rings is 6. The highest BCUT2D eigenvalue weighted by atomic mass is 15.5. The molecule has 0 saturated carbocycles. The van der Waals surface area contributed by atoms with Crippen LogP contribution < -0.4 is 0 Å². The summed E-state index contributed by atoms with van der Waals surface area (Å²) in [5.74, 6) is 0. The molecule has 2 aromatic carbocycles. The smallest absolute Gasteiger partial charge is 0.138 e. The first-order valence-corrected chi connectivity index (χ1v) is 41.4. The van der Waals surface area contributed by atoms with Gasteiger partial charge in [0, 0.05) is 115 Å². The van der Waals surface area contributed by atoms with Crippen LogP contribution >= 0.6 is 0 Å². The Bertz CT molecular complexity index is 5460. The van der Waals surface area contributed by atoms with Gasteiger partial charge in [-0.25, -0.2) is 19.0 Å². The molecule has 0 aliphatic rings. The maximum Gasteiger partial charge on any atom is 0.138 e. The molecule has 0 spiro atoms. The summed E-state index contributed by atoms with van der Waals surface area (Å²) in [6.07, 6.45) is 31.2. The summed E-state index contributed by atoms with van der Waals surface area (Å²) in [6.45, 7) is 60.0. The van der Waals surface area contributed by atoms with E-state index in [0.29, 0.717) is 0 Å². The molecule has 28 heteroatoms. The van der Waals surface area contributed by atoms with Crippen molar-refractivity contribution in [2.75, 3.05) is 0 Å². The Hall–Kier alpha value is -13.4. The molecule has 0 atom stereocenters. The molecule has 14 heterocycles. The summed E-state index contributed by atoms with van der Waals surface area (Å²) in [6, 6.07) is 44.8. The van der Waals surface area contributed by atoms with Gasteiger partial charge < -0.3 is 0 Å². The molecule has 28 nitrogen and oxygen atoms in total. The number of hydrogen-bond acceptors (Lipinski definition) is 20. The van der Waals surface area contributed by atoms with Crippen LogP contribution in [0.3, 0.4) is 0 Å². The fourth-order valence-corrected chi connectivity index (χ4v) is 12.1. The number of nitrogens with zero attached hydrogens (tertiary/aromatic N) is 28. The van der Waals surface area contributed by atoms with Crippen LogP contribution in [0.5, 0.6) is 0 Å². The molecule has 0 saturated heterocycles. The molecule has 0 fully saturated rings. The summed E-state index contributed by atoms with van der Waals surface area (Å²) in [4.78, 5) is 34.4. The SMILES string of the molecule is CC(C)(C)c1cc(-n2cnnc2)ccn1.CC(C)(C)c1cccc(-n2cnnc2)c1.CC(C)(C)c1cccc(-n2nccn2)c1.CC(C)(C)c1ncccc1-n1cccn1.Cc1cc(-n2cnnc2)cc(C(C)(C)C)n1.Cc1cc(-n2nccn2)cc(C(C)(C)C)n1.Cc1ccc(-n2cccn2)c(C(C)(C)C)n1.Cc1ccc(-n2cncn2)c(C(C)(C)C)n1. The molecule has 0 aliphatic carbocycles. The molecule has 0 unspecified atom stereocenters. The van der Waals surface area contributed by atoms with E-state index in [1.807, 2.05) is 154 Å². The Morgan fingerprint density at radius 3 is 1.04 bits per heavy atom. The van der Waals surface area contributed by atoms with Gasteiger partial charge in [0.2, 0.25) is 0 Å². The number of rotatable bonds is 8. The first-order valence-electron chi connectivity index (χ1n) is 41.4. The molecular weight excluding hydrogens is 1550 g/mol. The molecule has 648 valence electrons. The van der Waals surface area contributed by atoms with Crippen LogP contribution in [0.4, 0.5) is 0 Å². The van der Waals surface area contributed by atoms with Gasteiger partial charge in [-0.3, -0.25) is 43.6 Å². The number of hydrogen-bond donors (Lipinski definition) is 0. The van der Waals surface area contributed by atoms with Gasteiger partial charge in [0.1, 0.15) is 50.6 Å². The summed E-state index contributed by atoms with van der Waals surface area (Å²) >= 11 is 0. The van der Waals surface area contributed by atoms with E-state index in [9.17, 15) is 0 Å². The van der Waals surface area contributed by atoms with Crippen molar-refractivity contribution in [3.8, 4) is 45.5 Å². The van der Waals surface area contributed by atoms with E-state index in [1.165, 1.54) is 17.5 Å². The van der Waals surface area contributed by atoms with Gasteiger partial charge in [0.05, 0.1) is 81.7 Å². The fourth-order valence-electron chi connectivity index (χ4n) is 12.1. The molecule has 0 amide bonds. The maximum absolute atomic E-state index is 4.64. The first kappa shape index (κ1) is 94.5. The monoisotopic (exact) mass is 1670 g/mol. The van der Waals surface area contributed by atoms with Crippen LogP contribution in [0.2, 0.25) is 0 Å². The zero-order valence-corrected chi connectivity index (χ0v) is 77.6. The summed E-state index contributed by atoms with van der Waals surface area (Å²) in [5, 5.41) is 51.9. The molecule has 0 radical (unpaired) electrons. The van der Waals surface area contributed by atoms with Gasteiger partial charge >= 0.3 is 0 Å². The third-order valence-electron chi connectivity index (χ3n) is 18.9. The van der Waals surface area contributed by atoms with Crippen LogP contribution in [0.1, 0.15) is 234 Å². The largest absolute Gasteiger partial charge is 0.288 e. The standard InChI is InChI=1S/C13H17N3.3C12H16N4.3C12H15N3.C11H14N4/c1-10-6-7-11(16-9-5-8-14-16)12(15-10)13(2,3)4;1-9-5-10(16-7-13-14-8-16)6-11(15-9)12(2,3)4;1-9-7-10(16-13-5-6-14-16)8-11(15-9)12(2,3)4;1-9-5-6-10(16-8-13-7-14-16)11(15-9)12(2,3)4;1-12(2,3)11-10(6-4-7-13-11)15-9-5-8-14-15;1-12(2,3)10-5-4-6-11(7-10)15-8-13-14-9-15;1-12(2,3)10-5-4-6-11(9-10)15-13-7-8-14-15;1-11(2,3)10-6-9(4-5-12-10)15-7-13-14-8-15/h5-9H,1-4H3;3*5-8H,1-4H3;3*4-9H,1-3H3;4-8H,1-3H3. The molecule has 0 aliphatic heterocycles. The fraction of sp³-hybridized carbons (Fsp3) is 0.375. The van der Waals surface area contributed by atoms with Gasteiger partial charge in [0.15, 0.2) is 0 Å². The Balaban J connectivity index is 0.000000161. The lowest BCUT2D eigenvalue weighted by molar-refractivity contribution is 0.559. The van der Waals surface area contributed by atoms with Crippen LogP contribution in [0.15, 0.2) is 246 Å². The van der Waals surface area contributed by atoms with E-state index in [4.69, 9.17) is 0 Å². The minimum atomic E-state index is -0.00664. The lowest BCUT2D eigenvalue weighted by atomic mass is 9.87. The predicted molar refractivity (Wildman–Crippen MR) is 491 cm³/mol. The van der Waals surface area contributed by atoms with E-state index < -0.39 is 0 Å². The molecule has 124 heavy (non-hydrogen) atoms. The lowest BCUT2D eigenvalue weighted by Gasteiger charge is -2.21. The average molecular weight is 1670 g/mol. The normalized spacial score (nSPS) is 11.7. The van der Waals surface area contributed by atoms with Gasteiger partial charge in [-0.2, -0.15) is 45.3 Å². The highest BCUT2D eigenvalue weighted by molar-refractivity contribution is 5.45. The molecule has 0 N–H and O–H groups in total. The van der Waals surface area contributed by atoms with Gasteiger partial charge in [-0.15, -0.1) is 30.6 Å². The van der Waals surface area contributed by atoms with Crippen molar-refractivity contribution >= 4 is 0 Å². The summed E-state index contributed by atoms with van der Waals surface area (Å²) < 4.78 is 11.2. The van der Waals surface area contributed by atoms with Gasteiger partial charge in [0.25, 0.3) is 0 Å². The minimum Gasteiger partial charge on any atom is -0.288 e. The average Bonchev–Trinajstić information content (AvgIpc) is 1.21. The molecular formula is C96H124N28. The molecule has 14 aromatic heterocycles. The summed E-state index contributed by atoms with van der Waals surface area (Å²) in [7, 11) is 0. The van der Waals surface area contributed by atoms with Crippen molar-refractivity contribution in [1.82, 2.24) is 139 Å². The second-order valence-corrected chi connectivity index (χ2v) is 38.2. The van der Waals surface area contributed by atoms with Crippen molar-refractivity contribution in [3.63, 3.8) is 0 Å². The maximum atomic E-state index is 4.64. The third kappa shape index (κ3) is 27.6. The second-order valence-electron chi connectivity index (χ2n) is 38.2. The number of aryl methyl sites for hydroxylation is 4. The van der Waals surface area contributed by atoms with Crippen LogP contribution in [-0.4, -0.2) is 139 Å². The number of aromatic nitrogens is 28. The Morgan fingerprint density at radius 1 is 0.242 bits per heavy atom. The van der Waals surface area contributed by atoms with E-state index in [-0.39, 0.29) is 43.3 Å². The van der Waals surface area contributed by atoms with Crippen molar-refractivity contribution in [2.24, 2.45) is 0 Å². The Kier molecular flexibility index (Phi) is 30.9. The van der Waals surface area contributed by atoms with E-state index in [1.54, 1.807) is 95.7 Å². The second kappa shape index (κ2) is 40.5. The highest BCUT2D eigenvalue weighted by Gasteiger charge is 2.26. The molecule has 16 rings (SSSR count). The van der Waals surface area contributed by atoms with Crippen LogP contribution in [0, 0.1) is 27.7 Å².